The van der Waals surface area contributed by atoms with Crippen LogP contribution in [0.1, 0.15) is 19.4 Å². The molecule has 1 rings (SSSR count). The monoisotopic (exact) mass is 255 g/mol. The van der Waals surface area contributed by atoms with E-state index in [0.29, 0.717) is 18.7 Å². The van der Waals surface area contributed by atoms with Gasteiger partial charge in [-0.3, -0.25) is 0 Å². The predicted octanol–water partition coefficient (Wildman–Crippen LogP) is -1.34. The Morgan fingerprint density at radius 1 is 1.41 bits per heavy atom. The van der Waals surface area contributed by atoms with Crippen LogP contribution in [0, 0.1) is 0 Å². The number of carbonyl (C=O) groups excluding carboxylic acids is 1. The number of ether oxygens (including phenoxy) is 1. The second-order valence-electron chi connectivity index (χ2n) is 3.71. The summed E-state index contributed by atoms with van der Waals surface area (Å²) in [6, 6.07) is 4.14. The molecule has 0 aromatic carbocycles. The van der Waals surface area contributed by atoms with Crippen molar-refractivity contribution in [3.63, 3.8) is 0 Å². The summed E-state index contributed by atoms with van der Waals surface area (Å²) in [4.78, 5) is 11.1. The van der Waals surface area contributed by atoms with Gasteiger partial charge in [-0.15, -0.1) is 0 Å². The van der Waals surface area contributed by atoms with Crippen LogP contribution >= 0.6 is 0 Å². The van der Waals surface area contributed by atoms with Crippen LogP contribution in [0.2, 0.25) is 0 Å². The molecule has 0 aliphatic carbocycles. The number of nitrogens with zero attached hydrogens (tertiary/aromatic N) is 1. The lowest BCUT2D eigenvalue weighted by molar-refractivity contribution is -0.698. The summed E-state index contributed by atoms with van der Waals surface area (Å²) in [5.41, 5.74) is 1.74. The van der Waals surface area contributed by atoms with Gasteiger partial charge in [0.15, 0.2) is 25.5 Å². The van der Waals surface area contributed by atoms with Crippen LogP contribution in [-0.2, 0) is 22.5 Å². The van der Waals surface area contributed by atoms with Gasteiger partial charge in [0.1, 0.15) is 0 Å². The summed E-state index contributed by atoms with van der Waals surface area (Å²) in [7, 11) is 0. The van der Waals surface area contributed by atoms with Crippen molar-refractivity contribution < 1.29 is 26.5 Å². The van der Waals surface area contributed by atoms with E-state index in [1.807, 2.05) is 17.0 Å². The third kappa shape index (κ3) is 5.50. The second kappa shape index (κ2) is 7.85. The number of hydrogen-bond donors (Lipinski definition) is 0. The third-order valence-electron chi connectivity index (χ3n) is 2.30. The molecule has 0 atom stereocenters. The Morgan fingerprint density at radius 3 is 2.47 bits per heavy atom. The van der Waals surface area contributed by atoms with Gasteiger partial charge >= 0.3 is 5.97 Å². The molecule has 0 radical (unpaired) electrons. The number of rotatable bonds is 5. The van der Waals surface area contributed by atoms with Crippen LogP contribution in [-0.4, -0.2) is 12.6 Å². The fraction of sp³-hybridized carbons (Fsp3) is 0.385. The number of esters is 1. The zero-order valence-corrected chi connectivity index (χ0v) is 11.0. The van der Waals surface area contributed by atoms with Gasteiger partial charge in [0.25, 0.3) is 0 Å². The van der Waals surface area contributed by atoms with Gasteiger partial charge in [0, 0.05) is 17.7 Å². The van der Waals surface area contributed by atoms with E-state index in [1.165, 1.54) is 5.56 Å². The van der Waals surface area contributed by atoms with Crippen LogP contribution in [0.3, 0.4) is 0 Å². The fourth-order valence-electron chi connectivity index (χ4n) is 1.24. The van der Waals surface area contributed by atoms with Gasteiger partial charge in [-0.25, -0.2) is 9.36 Å². The van der Waals surface area contributed by atoms with E-state index in [0.717, 1.165) is 6.42 Å². The largest absolute Gasteiger partial charge is 1.00 e. The second-order valence-corrected chi connectivity index (χ2v) is 3.71. The van der Waals surface area contributed by atoms with E-state index in [1.54, 1.807) is 6.92 Å². The molecule has 0 unspecified atom stereocenters. The summed E-state index contributed by atoms with van der Waals surface area (Å²) in [5, 5.41) is 0. The number of aryl methyl sites for hydroxylation is 1. The summed E-state index contributed by atoms with van der Waals surface area (Å²) in [5.74, 6) is -0.328. The Kier molecular flexibility index (Phi) is 7.22. The van der Waals surface area contributed by atoms with Crippen molar-refractivity contribution in [3.8, 4) is 0 Å². The highest BCUT2D eigenvalue weighted by atomic mass is 35.5. The first-order valence-electron chi connectivity index (χ1n) is 5.44. The van der Waals surface area contributed by atoms with Gasteiger partial charge in [0.05, 0.1) is 0 Å². The van der Waals surface area contributed by atoms with E-state index in [4.69, 9.17) is 4.74 Å². The van der Waals surface area contributed by atoms with Crippen LogP contribution in [0.4, 0.5) is 0 Å². The highest BCUT2D eigenvalue weighted by Crippen LogP contribution is 1.95. The predicted molar refractivity (Wildman–Crippen MR) is 61.8 cm³/mol. The van der Waals surface area contributed by atoms with E-state index >= 15 is 0 Å². The topological polar surface area (TPSA) is 30.2 Å². The molecule has 0 saturated heterocycles. The molecule has 94 valence electrons. The first-order chi connectivity index (χ1) is 7.63. The molecule has 0 aliphatic heterocycles. The highest BCUT2D eigenvalue weighted by molar-refractivity contribution is 5.86. The van der Waals surface area contributed by atoms with Crippen LogP contribution in [0.5, 0.6) is 0 Å². The van der Waals surface area contributed by atoms with E-state index < -0.39 is 0 Å². The molecule has 0 bridgehead atoms. The minimum Gasteiger partial charge on any atom is -1.00 e. The Morgan fingerprint density at radius 2 is 2.00 bits per heavy atom. The first kappa shape index (κ1) is 15.7. The Balaban J connectivity index is 0.00000256. The zero-order chi connectivity index (χ0) is 12.0. The molecule has 0 fully saturated rings. The Labute approximate surface area is 109 Å². The van der Waals surface area contributed by atoms with Crippen molar-refractivity contribution in [2.45, 2.75) is 26.8 Å². The molecule has 0 amide bonds. The molecule has 0 saturated carbocycles. The van der Waals surface area contributed by atoms with Gasteiger partial charge in [-0.05, 0) is 18.9 Å². The lowest BCUT2D eigenvalue weighted by Crippen LogP contribution is -3.00. The van der Waals surface area contributed by atoms with Gasteiger partial charge in [-0.1, -0.05) is 13.5 Å². The van der Waals surface area contributed by atoms with Gasteiger partial charge < -0.3 is 17.1 Å². The molecule has 1 aromatic rings. The zero-order valence-electron chi connectivity index (χ0n) is 10.3. The SMILES string of the molecule is C=C(C)C(=O)OCC[n+]1ccc(CC)cc1.[Cl-]. The quantitative estimate of drug-likeness (QED) is 0.370. The molecule has 1 aromatic heterocycles. The highest BCUT2D eigenvalue weighted by Gasteiger charge is 2.05. The van der Waals surface area contributed by atoms with Crippen molar-refractivity contribution in [1.29, 1.82) is 0 Å². The van der Waals surface area contributed by atoms with Crippen molar-refractivity contribution >= 4 is 5.97 Å². The maximum absolute atomic E-state index is 11.1. The van der Waals surface area contributed by atoms with Crippen LogP contribution < -0.4 is 17.0 Å². The van der Waals surface area contributed by atoms with E-state index in [2.05, 4.69) is 25.6 Å². The standard InChI is InChI=1S/C13H18NO2.ClH/c1-4-12-5-7-14(8-6-12)9-10-16-13(15)11(2)3;/h5-8H,2,4,9-10H2,1,3H3;1H/q+1;/p-1. The lowest BCUT2D eigenvalue weighted by Gasteiger charge is -2.01. The van der Waals surface area contributed by atoms with E-state index in [9.17, 15) is 4.79 Å². The molecular formula is C13H18ClNO2. The summed E-state index contributed by atoms with van der Waals surface area (Å²) in [6.07, 6.45) is 5.02. The summed E-state index contributed by atoms with van der Waals surface area (Å²) in [6.45, 7) is 8.33. The van der Waals surface area contributed by atoms with Gasteiger partial charge in [-0.2, -0.15) is 0 Å². The summed E-state index contributed by atoms with van der Waals surface area (Å²) >= 11 is 0. The van der Waals surface area contributed by atoms with Crippen LogP contribution in [0.25, 0.3) is 0 Å². The number of halogens is 1. The minimum absolute atomic E-state index is 0. The molecule has 0 N–H and O–H groups in total. The Bertz CT molecular complexity index is 374. The molecule has 0 spiro atoms. The summed E-state index contributed by atoms with van der Waals surface area (Å²) < 4.78 is 7.00. The average molecular weight is 256 g/mol. The molecule has 3 nitrogen and oxygen atoms in total. The normalized spacial score (nSPS) is 9.29. The maximum atomic E-state index is 11.1. The molecule has 17 heavy (non-hydrogen) atoms. The number of hydrogen-bond acceptors (Lipinski definition) is 2. The maximum Gasteiger partial charge on any atom is 0.333 e. The number of pyridine rings is 1. The first-order valence-corrected chi connectivity index (χ1v) is 5.44. The fourth-order valence-corrected chi connectivity index (χ4v) is 1.24. The van der Waals surface area contributed by atoms with E-state index in [-0.39, 0.29) is 18.4 Å². The lowest BCUT2D eigenvalue weighted by atomic mass is 10.2. The number of carbonyl (C=O) groups is 1. The van der Waals surface area contributed by atoms with Crippen molar-refractivity contribution in [3.05, 3.63) is 42.2 Å². The third-order valence-corrected chi connectivity index (χ3v) is 2.30. The molecule has 0 aliphatic rings. The van der Waals surface area contributed by atoms with Crippen molar-refractivity contribution in [1.82, 2.24) is 0 Å². The molecular weight excluding hydrogens is 238 g/mol. The molecule has 1 heterocycles. The van der Waals surface area contributed by atoms with Crippen molar-refractivity contribution in [2.24, 2.45) is 0 Å². The van der Waals surface area contributed by atoms with Gasteiger partial charge in [0.2, 0.25) is 0 Å². The average Bonchev–Trinajstić information content (AvgIpc) is 2.29. The minimum atomic E-state index is -0.328. The van der Waals surface area contributed by atoms with Crippen molar-refractivity contribution in [2.75, 3.05) is 6.61 Å². The Hall–Kier alpha value is -1.35. The molecule has 4 heteroatoms. The number of aromatic nitrogens is 1. The van der Waals surface area contributed by atoms with Crippen LogP contribution in [0.15, 0.2) is 36.7 Å². The smallest absolute Gasteiger partial charge is 0.333 e.